The van der Waals surface area contributed by atoms with E-state index in [-0.39, 0.29) is 11.9 Å². The summed E-state index contributed by atoms with van der Waals surface area (Å²) < 4.78 is 1.53. The number of hydrogen-bond acceptors (Lipinski definition) is 3. The lowest BCUT2D eigenvalue weighted by atomic mass is 9.91. The van der Waals surface area contributed by atoms with Gasteiger partial charge in [0.1, 0.15) is 11.4 Å². The van der Waals surface area contributed by atoms with Crippen LogP contribution in [0.3, 0.4) is 0 Å². The molecule has 0 saturated carbocycles. The van der Waals surface area contributed by atoms with Crippen LogP contribution in [0, 0.1) is 5.92 Å². The third kappa shape index (κ3) is 2.01. The van der Waals surface area contributed by atoms with Gasteiger partial charge in [-0.25, -0.2) is 0 Å². The number of rotatable bonds is 1. The van der Waals surface area contributed by atoms with Crippen LogP contribution in [0.4, 0.5) is 5.82 Å². The van der Waals surface area contributed by atoms with Crippen molar-refractivity contribution in [1.29, 1.82) is 0 Å². The number of aryl methyl sites for hydroxylation is 1. The van der Waals surface area contributed by atoms with Gasteiger partial charge in [-0.3, -0.25) is 9.48 Å². The molecule has 0 aromatic carbocycles. The minimum Gasteiger partial charge on any atom is -0.383 e. The Bertz CT molecular complexity index is 426. The zero-order valence-corrected chi connectivity index (χ0v) is 10.7. The zero-order chi connectivity index (χ0) is 12.6. The molecule has 5 nitrogen and oxygen atoms in total. The van der Waals surface area contributed by atoms with Gasteiger partial charge >= 0.3 is 0 Å². The summed E-state index contributed by atoms with van der Waals surface area (Å²) in [6, 6.07) is 0.274. The van der Waals surface area contributed by atoms with Crippen molar-refractivity contribution in [3.8, 4) is 0 Å². The monoisotopic (exact) mass is 236 g/mol. The normalized spacial score (nSPS) is 25.0. The number of piperidine rings is 1. The van der Waals surface area contributed by atoms with Crippen molar-refractivity contribution in [2.24, 2.45) is 13.0 Å². The highest BCUT2D eigenvalue weighted by Gasteiger charge is 2.30. The Balaban J connectivity index is 2.22. The summed E-state index contributed by atoms with van der Waals surface area (Å²) in [6.07, 6.45) is 3.81. The molecule has 0 aliphatic carbocycles. The molecule has 1 saturated heterocycles. The van der Waals surface area contributed by atoms with Crippen molar-refractivity contribution in [1.82, 2.24) is 14.7 Å². The van der Waals surface area contributed by atoms with Crippen molar-refractivity contribution >= 4 is 11.7 Å². The van der Waals surface area contributed by atoms with E-state index in [0.717, 1.165) is 13.0 Å². The van der Waals surface area contributed by atoms with E-state index in [1.807, 2.05) is 4.90 Å². The maximum absolute atomic E-state index is 12.4. The number of likely N-dealkylation sites (tertiary alicyclic amines) is 1. The molecule has 1 fully saturated rings. The summed E-state index contributed by atoms with van der Waals surface area (Å²) in [4.78, 5) is 14.3. The van der Waals surface area contributed by atoms with Gasteiger partial charge < -0.3 is 10.6 Å². The van der Waals surface area contributed by atoms with Gasteiger partial charge in [-0.2, -0.15) is 5.10 Å². The maximum atomic E-state index is 12.4. The Morgan fingerprint density at radius 2 is 2.24 bits per heavy atom. The lowest BCUT2D eigenvalue weighted by molar-refractivity contribution is 0.0552. The van der Waals surface area contributed by atoms with Crippen LogP contribution in [0.15, 0.2) is 6.20 Å². The summed E-state index contributed by atoms with van der Waals surface area (Å²) in [6.45, 7) is 5.11. The molecule has 1 aliphatic rings. The summed E-state index contributed by atoms with van der Waals surface area (Å²) in [5, 5.41) is 4.02. The van der Waals surface area contributed by atoms with Gasteiger partial charge in [0.15, 0.2) is 0 Å². The first-order valence-corrected chi connectivity index (χ1v) is 6.10. The maximum Gasteiger partial charge on any atom is 0.259 e. The Morgan fingerprint density at radius 3 is 2.82 bits per heavy atom. The van der Waals surface area contributed by atoms with Crippen molar-refractivity contribution in [2.45, 2.75) is 32.7 Å². The van der Waals surface area contributed by atoms with E-state index in [1.165, 1.54) is 11.1 Å². The van der Waals surface area contributed by atoms with Crippen molar-refractivity contribution in [3.63, 3.8) is 0 Å². The van der Waals surface area contributed by atoms with Crippen LogP contribution in [0.5, 0.6) is 0 Å². The summed E-state index contributed by atoms with van der Waals surface area (Å²) in [7, 11) is 1.74. The van der Waals surface area contributed by atoms with Gasteiger partial charge in [0, 0.05) is 19.6 Å². The fourth-order valence-corrected chi connectivity index (χ4v) is 2.39. The van der Waals surface area contributed by atoms with Crippen molar-refractivity contribution in [2.75, 3.05) is 12.3 Å². The predicted octanol–water partition coefficient (Wildman–Crippen LogP) is 1.26. The van der Waals surface area contributed by atoms with Crippen LogP contribution < -0.4 is 5.73 Å². The van der Waals surface area contributed by atoms with E-state index in [0.29, 0.717) is 17.3 Å². The molecule has 2 unspecified atom stereocenters. The SMILES string of the molecule is CC1CCCN(C(=O)c2cnn(C)c2N)C1C. The molecule has 1 aliphatic heterocycles. The van der Waals surface area contributed by atoms with Crippen LogP contribution >= 0.6 is 0 Å². The van der Waals surface area contributed by atoms with Crippen LogP contribution in [-0.4, -0.2) is 33.2 Å². The molecule has 2 heterocycles. The molecule has 94 valence electrons. The molecule has 17 heavy (non-hydrogen) atoms. The number of anilines is 1. The number of nitrogens with zero attached hydrogens (tertiary/aromatic N) is 3. The van der Waals surface area contributed by atoms with Gasteiger partial charge in [0.25, 0.3) is 5.91 Å². The highest BCUT2D eigenvalue weighted by molar-refractivity contribution is 5.98. The number of aromatic nitrogens is 2. The average molecular weight is 236 g/mol. The number of amides is 1. The first-order valence-electron chi connectivity index (χ1n) is 6.10. The van der Waals surface area contributed by atoms with E-state index in [1.54, 1.807) is 13.2 Å². The van der Waals surface area contributed by atoms with E-state index in [2.05, 4.69) is 18.9 Å². The van der Waals surface area contributed by atoms with E-state index in [9.17, 15) is 4.79 Å². The van der Waals surface area contributed by atoms with Crippen LogP contribution in [0.1, 0.15) is 37.0 Å². The van der Waals surface area contributed by atoms with Gasteiger partial charge in [0.05, 0.1) is 6.20 Å². The molecule has 1 amide bonds. The molecular formula is C12H20N4O. The second-order valence-corrected chi connectivity index (χ2v) is 4.93. The second kappa shape index (κ2) is 4.39. The molecule has 0 radical (unpaired) electrons. The summed E-state index contributed by atoms with van der Waals surface area (Å²) in [5.74, 6) is 1.00. The number of hydrogen-bond donors (Lipinski definition) is 1. The van der Waals surface area contributed by atoms with Gasteiger partial charge in [-0.05, 0) is 25.7 Å². The predicted molar refractivity (Wildman–Crippen MR) is 66.5 cm³/mol. The first kappa shape index (κ1) is 12.0. The van der Waals surface area contributed by atoms with E-state index in [4.69, 9.17) is 5.73 Å². The smallest absolute Gasteiger partial charge is 0.259 e. The fraction of sp³-hybridized carbons (Fsp3) is 0.667. The molecule has 2 N–H and O–H groups in total. The zero-order valence-electron chi connectivity index (χ0n) is 10.7. The quantitative estimate of drug-likeness (QED) is 0.798. The van der Waals surface area contributed by atoms with Gasteiger partial charge in [-0.15, -0.1) is 0 Å². The Kier molecular flexibility index (Phi) is 3.09. The second-order valence-electron chi connectivity index (χ2n) is 4.93. The molecule has 2 atom stereocenters. The lowest BCUT2D eigenvalue weighted by Gasteiger charge is -2.37. The number of nitrogens with two attached hydrogens (primary N) is 1. The molecule has 1 aromatic heterocycles. The number of carbonyl (C=O) groups excluding carboxylic acids is 1. The average Bonchev–Trinajstić information content (AvgIpc) is 2.63. The number of carbonyl (C=O) groups is 1. The van der Waals surface area contributed by atoms with Gasteiger partial charge in [0.2, 0.25) is 0 Å². The summed E-state index contributed by atoms with van der Waals surface area (Å²) in [5.41, 5.74) is 6.36. The molecule has 2 rings (SSSR count). The lowest BCUT2D eigenvalue weighted by Crippen LogP contribution is -2.46. The Morgan fingerprint density at radius 1 is 1.53 bits per heavy atom. The van der Waals surface area contributed by atoms with Crippen molar-refractivity contribution < 1.29 is 4.79 Å². The molecule has 5 heteroatoms. The van der Waals surface area contributed by atoms with Crippen LogP contribution in [0.25, 0.3) is 0 Å². The largest absolute Gasteiger partial charge is 0.383 e. The highest BCUT2D eigenvalue weighted by Crippen LogP contribution is 2.25. The Hall–Kier alpha value is -1.52. The first-order chi connectivity index (χ1) is 8.02. The highest BCUT2D eigenvalue weighted by atomic mass is 16.2. The van der Waals surface area contributed by atoms with E-state index < -0.39 is 0 Å². The van der Waals surface area contributed by atoms with E-state index >= 15 is 0 Å². The topological polar surface area (TPSA) is 64.2 Å². The van der Waals surface area contributed by atoms with Crippen LogP contribution in [0.2, 0.25) is 0 Å². The third-order valence-electron chi connectivity index (χ3n) is 3.85. The molecule has 0 spiro atoms. The minimum absolute atomic E-state index is 0.00894. The van der Waals surface area contributed by atoms with Crippen molar-refractivity contribution in [3.05, 3.63) is 11.8 Å². The van der Waals surface area contributed by atoms with Crippen LogP contribution in [-0.2, 0) is 7.05 Å². The summed E-state index contributed by atoms with van der Waals surface area (Å²) >= 11 is 0. The minimum atomic E-state index is 0.00894. The number of nitrogen functional groups attached to an aromatic ring is 1. The molecule has 1 aromatic rings. The standard InChI is InChI=1S/C12H20N4O/c1-8-5-4-6-16(9(8)2)12(17)10-7-14-15(3)11(10)13/h7-9H,4-6,13H2,1-3H3. The molecular weight excluding hydrogens is 216 g/mol. The fourth-order valence-electron chi connectivity index (χ4n) is 2.39. The molecule has 0 bridgehead atoms. The van der Waals surface area contributed by atoms with Gasteiger partial charge in [-0.1, -0.05) is 6.92 Å². The third-order valence-corrected chi connectivity index (χ3v) is 3.85. The Labute approximate surface area is 102 Å².